The summed E-state index contributed by atoms with van der Waals surface area (Å²) in [6.45, 7) is 4.44. The van der Waals surface area contributed by atoms with Crippen molar-refractivity contribution < 1.29 is 0 Å². The van der Waals surface area contributed by atoms with E-state index < -0.39 is 0 Å². The molecule has 0 fully saturated rings. The number of benzene rings is 4. The second kappa shape index (κ2) is 6.88. The summed E-state index contributed by atoms with van der Waals surface area (Å²) in [6, 6.07) is 32.0. The number of hydrogen-bond donors (Lipinski definition) is 0. The highest BCUT2D eigenvalue weighted by molar-refractivity contribution is 6.21. The van der Waals surface area contributed by atoms with Gasteiger partial charge in [0, 0.05) is 27.0 Å². The quantitative estimate of drug-likeness (QED) is 0.333. The van der Waals surface area contributed by atoms with Crippen molar-refractivity contribution in [3.8, 4) is 17.2 Å². The Morgan fingerprint density at radius 3 is 2.24 bits per heavy atom. The van der Waals surface area contributed by atoms with Crippen molar-refractivity contribution in [1.82, 2.24) is 14.5 Å². The fourth-order valence-electron chi connectivity index (χ4n) is 5.36. The SMILES string of the molecule is CC1(C)C=c2nc(-n3c4ccccc4c4c5ccccc5ccc43)nc(-c3ccccc3)c2=C1. The molecule has 0 saturated heterocycles. The molecule has 2 heterocycles. The zero-order valence-electron chi connectivity index (χ0n) is 19.2. The highest BCUT2D eigenvalue weighted by Gasteiger charge is 2.22. The Morgan fingerprint density at radius 2 is 1.38 bits per heavy atom. The molecule has 1 aliphatic rings. The first kappa shape index (κ1) is 19.2. The van der Waals surface area contributed by atoms with E-state index >= 15 is 0 Å². The van der Waals surface area contributed by atoms with Crippen molar-refractivity contribution in [1.29, 1.82) is 0 Å². The molecule has 0 bridgehead atoms. The van der Waals surface area contributed by atoms with Gasteiger partial charge in [-0.1, -0.05) is 98.8 Å². The normalized spacial score (nSPS) is 14.3. The number of hydrogen-bond acceptors (Lipinski definition) is 2. The number of fused-ring (bicyclic) bond motifs is 6. The molecule has 1 aliphatic carbocycles. The highest BCUT2D eigenvalue weighted by atomic mass is 15.2. The van der Waals surface area contributed by atoms with Gasteiger partial charge in [0.05, 0.1) is 22.1 Å². The minimum atomic E-state index is -0.0593. The van der Waals surface area contributed by atoms with E-state index in [4.69, 9.17) is 9.97 Å². The first-order valence-electron chi connectivity index (χ1n) is 11.7. The van der Waals surface area contributed by atoms with Gasteiger partial charge < -0.3 is 0 Å². The van der Waals surface area contributed by atoms with Crippen LogP contribution in [0.15, 0.2) is 91.0 Å². The van der Waals surface area contributed by atoms with Gasteiger partial charge in [-0.15, -0.1) is 0 Å². The Labute approximate surface area is 197 Å². The maximum Gasteiger partial charge on any atom is 0.235 e. The molecule has 6 aromatic rings. The first-order valence-corrected chi connectivity index (χ1v) is 11.7. The zero-order valence-corrected chi connectivity index (χ0v) is 19.2. The van der Waals surface area contributed by atoms with Gasteiger partial charge >= 0.3 is 0 Å². The predicted octanol–water partition coefficient (Wildman–Crippen LogP) is 5.99. The number of aromatic nitrogens is 3. The predicted molar refractivity (Wildman–Crippen MR) is 141 cm³/mol. The fourth-order valence-corrected chi connectivity index (χ4v) is 5.36. The second-order valence-electron chi connectivity index (χ2n) is 9.68. The van der Waals surface area contributed by atoms with Crippen LogP contribution < -0.4 is 10.6 Å². The molecule has 3 nitrogen and oxygen atoms in total. The summed E-state index contributed by atoms with van der Waals surface area (Å²) in [5.74, 6) is 0.710. The summed E-state index contributed by atoms with van der Waals surface area (Å²) in [5, 5.41) is 7.07. The maximum atomic E-state index is 5.20. The van der Waals surface area contributed by atoms with Crippen molar-refractivity contribution in [2.45, 2.75) is 13.8 Å². The largest absolute Gasteiger partial charge is 0.278 e. The highest BCUT2D eigenvalue weighted by Crippen LogP contribution is 2.36. The Bertz CT molecular complexity index is 1880. The van der Waals surface area contributed by atoms with Gasteiger partial charge in [0.1, 0.15) is 0 Å². The molecule has 0 saturated carbocycles. The van der Waals surface area contributed by atoms with Crippen LogP contribution in [0.25, 0.3) is 61.9 Å². The number of rotatable bonds is 2. The van der Waals surface area contributed by atoms with E-state index in [1.54, 1.807) is 0 Å². The lowest BCUT2D eigenvalue weighted by molar-refractivity contribution is 0.723. The Hall–Kier alpha value is -4.24. The lowest BCUT2D eigenvalue weighted by Crippen LogP contribution is -2.30. The molecule has 0 N–H and O–H groups in total. The summed E-state index contributed by atoms with van der Waals surface area (Å²) >= 11 is 0. The summed E-state index contributed by atoms with van der Waals surface area (Å²) < 4.78 is 2.23. The molecule has 4 aromatic carbocycles. The maximum absolute atomic E-state index is 5.20. The van der Waals surface area contributed by atoms with Crippen LogP contribution in [-0.4, -0.2) is 14.5 Å². The van der Waals surface area contributed by atoms with Crippen LogP contribution in [0.1, 0.15) is 13.8 Å². The first-order chi connectivity index (χ1) is 16.6. The monoisotopic (exact) mass is 437 g/mol. The molecular weight excluding hydrogens is 414 g/mol. The number of para-hydroxylation sites is 1. The average Bonchev–Trinajstić information content (AvgIpc) is 3.37. The van der Waals surface area contributed by atoms with E-state index in [9.17, 15) is 0 Å². The van der Waals surface area contributed by atoms with Crippen LogP contribution in [0.2, 0.25) is 0 Å². The summed E-state index contributed by atoms with van der Waals surface area (Å²) in [7, 11) is 0. The molecule has 0 atom stereocenters. The third-order valence-corrected chi connectivity index (χ3v) is 6.80. The average molecular weight is 438 g/mol. The van der Waals surface area contributed by atoms with Gasteiger partial charge in [0.25, 0.3) is 0 Å². The Balaban J connectivity index is 1.64. The van der Waals surface area contributed by atoms with E-state index in [2.05, 4.69) is 115 Å². The van der Waals surface area contributed by atoms with Gasteiger partial charge in [-0.2, -0.15) is 0 Å². The Morgan fingerprint density at radius 1 is 0.647 bits per heavy atom. The molecule has 34 heavy (non-hydrogen) atoms. The summed E-state index contributed by atoms with van der Waals surface area (Å²) in [5.41, 5.74) is 4.27. The second-order valence-corrected chi connectivity index (χ2v) is 9.68. The molecule has 0 spiro atoms. The minimum absolute atomic E-state index is 0.0593. The van der Waals surface area contributed by atoms with E-state index in [0.717, 1.165) is 32.9 Å². The van der Waals surface area contributed by atoms with E-state index in [1.165, 1.54) is 21.5 Å². The molecular formula is C31H23N3. The van der Waals surface area contributed by atoms with Crippen molar-refractivity contribution in [2.75, 3.05) is 0 Å². The lowest BCUT2D eigenvalue weighted by atomic mass is 9.96. The van der Waals surface area contributed by atoms with Crippen LogP contribution >= 0.6 is 0 Å². The third-order valence-electron chi connectivity index (χ3n) is 6.80. The lowest BCUT2D eigenvalue weighted by Gasteiger charge is -2.10. The van der Waals surface area contributed by atoms with Crippen molar-refractivity contribution in [3.63, 3.8) is 0 Å². The Kier molecular flexibility index (Phi) is 3.89. The van der Waals surface area contributed by atoms with Gasteiger partial charge in [-0.05, 0) is 29.0 Å². The molecule has 3 heteroatoms. The van der Waals surface area contributed by atoms with Crippen LogP contribution in [0.4, 0.5) is 0 Å². The topological polar surface area (TPSA) is 30.7 Å². The van der Waals surface area contributed by atoms with Crippen molar-refractivity contribution in [2.24, 2.45) is 5.41 Å². The van der Waals surface area contributed by atoms with Gasteiger partial charge in [0.2, 0.25) is 5.95 Å². The smallest absolute Gasteiger partial charge is 0.235 e. The molecule has 0 radical (unpaired) electrons. The van der Waals surface area contributed by atoms with Crippen LogP contribution in [0.5, 0.6) is 0 Å². The van der Waals surface area contributed by atoms with Crippen LogP contribution in [0.3, 0.4) is 0 Å². The van der Waals surface area contributed by atoms with Crippen molar-refractivity contribution >= 4 is 44.7 Å². The zero-order chi connectivity index (χ0) is 22.9. The van der Waals surface area contributed by atoms with Gasteiger partial charge in [-0.25, -0.2) is 9.97 Å². The minimum Gasteiger partial charge on any atom is -0.278 e. The van der Waals surface area contributed by atoms with Crippen molar-refractivity contribution in [3.05, 3.63) is 102 Å². The van der Waals surface area contributed by atoms with E-state index in [0.29, 0.717) is 5.95 Å². The van der Waals surface area contributed by atoms with E-state index in [1.807, 2.05) is 6.07 Å². The van der Waals surface area contributed by atoms with Gasteiger partial charge in [-0.3, -0.25) is 4.57 Å². The summed E-state index contributed by atoms with van der Waals surface area (Å²) in [6.07, 6.45) is 4.54. The van der Waals surface area contributed by atoms with Crippen LogP contribution in [0, 0.1) is 5.41 Å². The molecule has 2 aromatic heterocycles. The molecule has 0 amide bonds. The molecule has 0 unspecified atom stereocenters. The molecule has 162 valence electrons. The van der Waals surface area contributed by atoms with E-state index in [-0.39, 0.29) is 5.41 Å². The molecule has 0 aliphatic heterocycles. The molecule has 7 rings (SSSR count). The summed E-state index contributed by atoms with van der Waals surface area (Å²) in [4.78, 5) is 10.3. The third kappa shape index (κ3) is 2.77. The van der Waals surface area contributed by atoms with Crippen LogP contribution in [-0.2, 0) is 0 Å². The standard InChI is InChI=1S/C31H23N3/c1-31(2)18-24-25(19-31)32-30(33-29(24)21-11-4-3-5-12-21)34-26-15-9-8-14-23(26)28-22-13-7-6-10-20(22)16-17-27(28)34/h3-19H,1-2H3. The number of nitrogens with zero attached hydrogens (tertiary/aromatic N) is 3. The fraction of sp³-hybridized carbons (Fsp3) is 0.0968. The van der Waals surface area contributed by atoms with Gasteiger partial charge in [0.15, 0.2) is 0 Å².